The second-order valence-electron chi connectivity index (χ2n) is 7.87. The molecule has 2 bridgehead atoms. The van der Waals surface area contributed by atoms with E-state index in [1.165, 1.54) is 5.57 Å². The van der Waals surface area contributed by atoms with E-state index < -0.39 is 0 Å². The summed E-state index contributed by atoms with van der Waals surface area (Å²) in [6, 6.07) is 2.16. The smallest absolute Gasteiger partial charge is 0.399 e. The molecular formula is C18H24BNO3. The van der Waals surface area contributed by atoms with E-state index in [0.717, 1.165) is 30.3 Å². The van der Waals surface area contributed by atoms with Crippen molar-refractivity contribution in [2.75, 3.05) is 0 Å². The zero-order valence-electron chi connectivity index (χ0n) is 14.3. The van der Waals surface area contributed by atoms with Gasteiger partial charge in [-0.05, 0) is 58.1 Å². The van der Waals surface area contributed by atoms with Crippen LogP contribution in [-0.2, 0) is 14.0 Å². The molecule has 0 amide bonds. The van der Waals surface area contributed by atoms with Gasteiger partial charge in [-0.2, -0.15) is 0 Å². The van der Waals surface area contributed by atoms with E-state index >= 15 is 0 Å². The molecule has 4 rings (SSSR count). The maximum atomic E-state index is 6.14. The van der Waals surface area contributed by atoms with Gasteiger partial charge in [0.05, 0.1) is 23.4 Å². The van der Waals surface area contributed by atoms with Crippen molar-refractivity contribution in [3.8, 4) is 0 Å². The van der Waals surface area contributed by atoms with Crippen LogP contribution in [0.15, 0.2) is 24.5 Å². The lowest BCUT2D eigenvalue weighted by atomic mass is 9.79. The van der Waals surface area contributed by atoms with Gasteiger partial charge in [0.2, 0.25) is 0 Å². The molecule has 2 fully saturated rings. The van der Waals surface area contributed by atoms with Gasteiger partial charge in [0.1, 0.15) is 0 Å². The van der Waals surface area contributed by atoms with Crippen LogP contribution in [0.2, 0.25) is 0 Å². The molecule has 4 heterocycles. The van der Waals surface area contributed by atoms with Gasteiger partial charge < -0.3 is 14.0 Å². The molecule has 1 aromatic rings. The molecular weight excluding hydrogens is 289 g/mol. The SMILES string of the molecule is CC1(C)OB(c2cncc(C3=CC4CCC(C3)O4)c2)OC1(C)C. The van der Waals surface area contributed by atoms with E-state index in [1.807, 2.05) is 12.4 Å². The van der Waals surface area contributed by atoms with Crippen LogP contribution in [0.5, 0.6) is 0 Å². The van der Waals surface area contributed by atoms with Crippen LogP contribution in [0.25, 0.3) is 5.57 Å². The highest BCUT2D eigenvalue weighted by Crippen LogP contribution is 2.37. The monoisotopic (exact) mass is 313 g/mol. The summed E-state index contributed by atoms with van der Waals surface area (Å²) >= 11 is 0. The molecule has 0 N–H and O–H groups in total. The van der Waals surface area contributed by atoms with E-state index in [4.69, 9.17) is 14.0 Å². The quantitative estimate of drug-likeness (QED) is 0.787. The second kappa shape index (κ2) is 5.17. The lowest BCUT2D eigenvalue weighted by Gasteiger charge is -2.32. The molecule has 0 aliphatic carbocycles. The number of hydrogen-bond donors (Lipinski definition) is 0. The third-order valence-electron chi connectivity index (χ3n) is 5.63. The molecule has 0 spiro atoms. The normalized spacial score (nSPS) is 31.3. The Morgan fingerprint density at radius 2 is 1.83 bits per heavy atom. The minimum atomic E-state index is -0.357. The lowest BCUT2D eigenvalue weighted by Crippen LogP contribution is -2.41. The Labute approximate surface area is 138 Å². The van der Waals surface area contributed by atoms with E-state index in [9.17, 15) is 0 Å². The average molecular weight is 313 g/mol. The second-order valence-corrected chi connectivity index (χ2v) is 7.87. The largest absolute Gasteiger partial charge is 0.496 e. The molecule has 0 radical (unpaired) electrons. The summed E-state index contributed by atoms with van der Waals surface area (Å²) in [6.45, 7) is 8.29. The average Bonchev–Trinajstić information content (AvgIpc) is 2.94. The van der Waals surface area contributed by atoms with Crippen molar-refractivity contribution in [3.63, 3.8) is 0 Å². The van der Waals surface area contributed by atoms with Crippen LogP contribution < -0.4 is 5.46 Å². The van der Waals surface area contributed by atoms with Crippen molar-refractivity contribution in [2.24, 2.45) is 0 Å². The Hall–Kier alpha value is -1.17. The number of fused-ring (bicyclic) bond motifs is 2. The van der Waals surface area contributed by atoms with Crippen LogP contribution >= 0.6 is 0 Å². The van der Waals surface area contributed by atoms with E-state index in [0.29, 0.717) is 6.10 Å². The molecule has 5 heteroatoms. The fourth-order valence-electron chi connectivity index (χ4n) is 3.50. The number of rotatable bonds is 2. The topological polar surface area (TPSA) is 40.6 Å². The summed E-state index contributed by atoms with van der Waals surface area (Å²) < 4.78 is 18.2. The van der Waals surface area contributed by atoms with Crippen molar-refractivity contribution < 1.29 is 14.0 Å². The van der Waals surface area contributed by atoms with E-state index in [1.54, 1.807) is 0 Å². The predicted octanol–water partition coefficient (Wildman–Crippen LogP) is 2.72. The highest BCUT2D eigenvalue weighted by molar-refractivity contribution is 6.62. The van der Waals surface area contributed by atoms with Crippen molar-refractivity contribution in [2.45, 2.75) is 70.4 Å². The molecule has 23 heavy (non-hydrogen) atoms. The Morgan fingerprint density at radius 1 is 1.09 bits per heavy atom. The number of ether oxygens (including phenoxy) is 1. The summed E-state index contributed by atoms with van der Waals surface area (Å²) in [5.41, 5.74) is 2.84. The first kappa shape index (κ1) is 15.4. The standard InChI is InChI=1S/C18H24BNO3/c1-17(2)18(3,4)23-19(22-17)14-7-13(10-20-11-14)12-8-15-5-6-16(9-12)21-15/h7-8,10-11,15-16H,5-6,9H2,1-4H3. The van der Waals surface area contributed by atoms with Gasteiger partial charge >= 0.3 is 7.12 Å². The van der Waals surface area contributed by atoms with Crippen molar-refractivity contribution in [1.82, 2.24) is 4.98 Å². The fraction of sp³-hybridized carbons (Fsp3) is 0.611. The Bertz CT molecular complexity index is 639. The number of pyridine rings is 1. The van der Waals surface area contributed by atoms with E-state index in [2.05, 4.69) is 44.8 Å². The summed E-state index contributed by atoms with van der Waals surface area (Å²) in [7, 11) is -0.357. The lowest BCUT2D eigenvalue weighted by molar-refractivity contribution is 0.00578. The number of hydrogen-bond acceptors (Lipinski definition) is 4. The van der Waals surface area contributed by atoms with Crippen molar-refractivity contribution in [3.05, 3.63) is 30.1 Å². The first-order chi connectivity index (χ1) is 10.8. The van der Waals surface area contributed by atoms with Crippen molar-refractivity contribution in [1.29, 1.82) is 0 Å². The van der Waals surface area contributed by atoms with Gasteiger partial charge in [-0.25, -0.2) is 0 Å². The summed E-state index contributed by atoms with van der Waals surface area (Å²) in [5.74, 6) is 0. The molecule has 3 aliphatic heterocycles. The van der Waals surface area contributed by atoms with Gasteiger partial charge in [0.15, 0.2) is 0 Å². The Balaban J connectivity index is 1.61. The maximum Gasteiger partial charge on any atom is 0.496 e. The van der Waals surface area contributed by atoms with Gasteiger partial charge in [0.25, 0.3) is 0 Å². The summed E-state index contributed by atoms with van der Waals surface area (Å²) in [4.78, 5) is 4.43. The Kier molecular flexibility index (Phi) is 3.45. The van der Waals surface area contributed by atoms with Gasteiger partial charge in [-0.15, -0.1) is 0 Å². The predicted molar refractivity (Wildman–Crippen MR) is 90.4 cm³/mol. The first-order valence-electron chi connectivity index (χ1n) is 8.51. The molecule has 2 atom stereocenters. The van der Waals surface area contributed by atoms with Crippen LogP contribution in [0.3, 0.4) is 0 Å². The van der Waals surface area contributed by atoms with Crippen LogP contribution in [0.1, 0.15) is 52.5 Å². The first-order valence-corrected chi connectivity index (χ1v) is 8.51. The van der Waals surface area contributed by atoms with Crippen LogP contribution in [0, 0.1) is 0 Å². The highest BCUT2D eigenvalue weighted by Gasteiger charge is 2.51. The highest BCUT2D eigenvalue weighted by atomic mass is 16.7. The maximum absolute atomic E-state index is 6.14. The minimum Gasteiger partial charge on any atom is -0.399 e. The third kappa shape index (κ3) is 2.65. The molecule has 3 aliphatic rings. The summed E-state index contributed by atoms with van der Waals surface area (Å²) in [5, 5.41) is 0. The summed E-state index contributed by atoms with van der Waals surface area (Å²) in [6.07, 6.45) is 9.98. The van der Waals surface area contributed by atoms with Crippen LogP contribution in [0.4, 0.5) is 0 Å². The van der Waals surface area contributed by atoms with Gasteiger partial charge in [-0.1, -0.05) is 12.1 Å². The zero-order chi connectivity index (χ0) is 16.2. The van der Waals surface area contributed by atoms with Gasteiger partial charge in [-0.3, -0.25) is 4.98 Å². The Morgan fingerprint density at radius 3 is 2.52 bits per heavy atom. The molecule has 0 aromatic carbocycles. The third-order valence-corrected chi connectivity index (χ3v) is 5.63. The minimum absolute atomic E-state index is 0.282. The molecule has 0 saturated carbocycles. The molecule has 2 saturated heterocycles. The van der Waals surface area contributed by atoms with Crippen molar-refractivity contribution >= 4 is 18.2 Å². The zero-order valence-corrected chi connectivity index (χ0v) is 14.3. The fourth-order valence-corrected chi connectivity index (χ4v) is 3.50. The van der Waals surface area contributed by atoms with E-state index in [-0.39, 0.29) is 24.4 Å². The number of nitrogens with zero attached hydrogens (tertiary/aromatic N) is 1. The van der Waals surface area contributed by atoms with Crippen LogP contribution in [-0.4, -0.2) is 35.5 Å². The molecule has 1 aromatic heterocycles. The molecule has 2 unspecified atom stereocenters. The molecule has 122 valence electrons. The van der Waals surface area contributed by atoms with Gasteiger partial charge in [0, 0.05) is 17.9 Å². The number of aromatic nitrogens is 1. The molecule has 4 nitrogen and oxygen atoms in total.